The molecule has 0 amide bonds. The highest BCUT2D eigenvalue weighted by Crippen LogP contribution is 2.44. The lowest BCUT2D eigenvalue weighted by atomic mass is 10.0. The van der Waals surface area contributed by atoms with E-state index in [1.807, 2.05) is 80.0 Å². The average Bonchev–Trinajstić information content (AvgIpc) is 0.758. The predicted octanol–water partition coefficient (Wildman–Crippen LogP) is 34.5. The van der Waals surface area contributed by atoms with Crippen molar-refractivity contribution in [1.82, 2.24) is 0 Å². The van der Waals surface area contributed by atoms with Crippen molar-refractivity contribution >= 4 is 223 Å². The van der Waals surface area contributed by atoms with Crippen LogP contribution < -0.4 is 41.5 Å². The Balaban J connectivity index is 0. The van der Waals surface area contributed by atoms with Crippen LogP contribution in [0.5, 0.6) is 0 Å². The molecule has 0 aliphatic heterocycles. The van der Waals surface area contributed by atoms with Crippen molar-refractivity contribution in [2.75, 3.05) is 20.8 Å². The second kappa shape index (κ2) is 71.1. The Hall–Kier alpha value is -4.31. The van der Waals surface area contributed by atoms with Crippen LogP contribution in [-0.4, -0.2) is 158 Å². The molecule has 8 nitrogen and oxygen atoms in total. The molecule has 0 spiro atoms. The molecule has 10 rings (SSSR count). The van der Waals surface area contributed by atoms with Gasteiger partial charge in [0.05, 0.1) is 0 Å². The maximum Gasteiger partial charge on any atom is 0.288 e. The molecule has 2 unspecified atom stereocenters. The second-order valence-electron chi connectivity index (χ2n) is 45.2. The van der Waals surface area contributed by atoms with E-state index in [-0.39, 0.29) is 0 Å². The number of hydrogen-bond donors (Lipinski definition) is 0. The second-order valence-corrected chi connectivity index (χ2v) is 124. The highest BCUT2D eigenvalue weighted by atomic mass is 35.6. The normalized spacial score (nSPS) is 14.1. The van der Waals surface area contributed by atoms with Crippen LogP contribution in [0.4, 0.5) is 0 Å². The zero-order valence-electron chi connectivity index (χ0n) is 99.0. The van der Waals surface area contributed by atoms with Gasteiger partial charge in [-0.2, -0.15) is 44.3 Å². The summed E-state index contributed by atoms with van der Waals surface area (Å²) in [6, 6.07) is 89.7. The van der Waals surface area contributed by atoms with Gasteiger partial charge in [0, 0.05) is 20.8 Å². The van der Waals surface area contributed by atoms with E-state index in [4.69, 9.17) is 78.2 Å². The van der Waals surface area contributed by atoms with Crippen molar-refractivity contribution < 1.29 is 33.9 Å². The van der Waals surface area contributed by atoms with Crippen LogP contribution in [0.2, 0.25) is 212 Å². The lowest BCUT2D eigenvalue weighted by Gasteiger charge is -2.44. The maximum absolute atomic E-state index is 6.98. The molecule has 148 heavy (non-hydrogen) atoms. The standard InChI is InChI=1S/C20H20OSi.C19H18OSi.C16H34OSi2.C16H22OSi2.C10H22OSi2.C8H22OSi2.C6H9ClSi.C6H18OSi2.C6H12OSi.C5H9ClSi.C4H9ClSi.C3H9ClSi/c1-2-21-22(18-12-6-3-7-13-18,19-14-8-4-9-15-19)20-16-10-5-11-17-20;1-20-21(17-11-5-2-6-12-17,18-13-7-3-8-14-18)19-15-9-4-10-16-19;2*1-18(2,15-11-7-5-8-12-15)17-19(3,4)16-13-9-6-10-14-16;1-7-12(5,8-2)11-13(6,9-3)10-4;1-7-10(3,4)9-11(5,6)8-2;1-4-8(7,5-2)6-3;1-8(2,3)7-9(4,5)6;1-5-8(4,6-2)7-3;1-4-7(3,6)5-2;1-4-6(2,3)5;1-5(2,3)4/h3-17H,2H2,1H3;2-16H,1H3;15-16H,5-14H2,1-4H3;5-14H,1-4H3;7,9H,1,3,8,10H2,2,4-6H3;7-8H2,1-6H3;4-6H,1-3H2;1-6H3;5-6H,1-2H2,3-4H3;4-5H,1-2H2,3H3;4H,1H2,2-3H3;1-3H3. The van der Waals surface area contributed by atoms with Crippen LogP contribution in [0.25, 0.3) is 0 Å². The number of halogens is 4. The third kappa shape index (κ3) is 59.2. The van der Waals surface area contributed by atoms with Gasteiger partial charge in [-0.3, -0.25) is 0 Å². The summed E-state index contributed by atoms with van der Waals surface area (Å²) in [5, 5.41) is 10.4. The van der Waals surface area contributed by atoms with Gasteiger partial charge in [-0.1, -0.05) is 424 Å². The minimum absolute atomic E-state index is 0.699. The Kier molecular flexibility index (Phi) is 70.0. The summed E-state index contributed by atoms with van der Waals surface area (Å²) in [5.41, 5.74) is 20.2. The summed E-state index contributed by atoms with van der Waals surface area (Å²) in [4.78, 5) is 0. The van der Waals surface area contributed by atoms with Crippen LogP contribution in [0.15, 0.2) is 365 Å². The predicted molar refractivity (Wildman–Crippen MR) is 717 cm³/mol. The van der Waals surface area contributed by atoms with E-state index in [1.54, 1.807) is 35.6 Å². The molecule has 0 bridgehead atoms. The average molecular weight is 2380 g/mol. The van der Waals surface area contributed by atoms with Crippen LogP contribution in [0, 0.1) is 0 Å². The Bertz CT molecular complexity index is 4600. The van der Waals surface area contributed by atoms with E-state index in [0.29, 0.717) is 6.61 Å². The summed E-state index contributed by atoms with van der Waals surface area (Å²) < 4.78 is 49.9. The van der Waals surface area contributed by atoms with E-state index in [1.165, 1.54) is 118 Å². The van der Waals surface area contributed by atoms with Crippen LogP contribution in [0.3, 0.4) is 0 Å². The fraction of sp³-hybridized carbons (Fsp3) is 0.429. The van der Waals surface area contributed by atoms with Gasteiger partial charge in [-0.25, -0.2) is 0 Å². The number of benzene rings is 8. The van der Waals surface area contributed by atoms with Crippen molar-refractivity contribution in [1.29, 1.82) is 0 Å². The molecule has 0 saturated heterocycles. The third-order valence-corrected chi connectivity index (χ3v) is 81.7. The lowest BCUT2D eigenvalue weighted by Crippen LogP contribution is -2.69. The minimum atomic E-state index is -2.42. The molecule has 824 valence electrons. The van der Waals surface area contributed by atoms with Gasteiger partial charge in [0.15, 0.2) is 64.7 Å². The monoisotopic (exact) mass is 2380 g/mol. The summed E-state index contributed by atoms with van der Waals surface area (Å²) in [7, 11) is -23.9. The topological polar surface area (TPSA) is 73.8 Å². The van der Waals surface area contributed by atoms with Gasteiger partial charge in [-0.05, 0) is 228 Å². The molecular weight excluding hydrogens is 2180 g/mol. The van der Waals surface area contributed by atoms with Gasteiger partial charge >= 0.3 is 0 Å². The molecule has 29 heteroatoms. The molecule has 0 radical (unpaired) electrons. The van der Waals surface area contributed by atoms with E-state index in [2.05, 4.69) is 475 Å². The SMILES string of the molecule is C=C[Si](C)(C)Cl.C=C[Si](C)(C=C)OC.C=C[Si](C)(CC)O[Si](C)(C=C)CC.C=C[Si](C)(Cl)C=C.C=C[Si](Cl)(C=C)C=C.CCO[Si](c1ccccc1)(c1ccccc1)c1ccccc1.CC[Si](C)(C)O[Si](C)(C)CC.CO[Si](c1ccccc1)(c1ccccc1)c1ccccc1.C[Si](C)(C)Cl.C[Si](C)(C)O[Si](C)(C)C.C[Si](C)(O[Si](C)(C)C1CCCCC1)C1CCCCC1.C[Si](C)(O[Si](C)(C)c1ccccc1)c1ccccc1. The Morgan fingerprint density at radius 2 is 0.500 bits per heavy atom. The zero-order valence-corrected chi connectivity index (χ0v) is 119. The highest BCUT2D eigenvalue weighted by Gasteiger charge is 2.46. The molecule has 2 aliphatic rings. The molecule has 0 N–H and O–H groups in total. The highest BCUT2D eigenvalue weighted by molar-refractivity contribution is 7.28. The van der Waals surface area contributed by atoms with Gasteiger partial charge < -0.3 is 33.9 Å². The first-order valence-corrected chi connectivity index (χ1v) is 106. The smallest absolute Gasteiger partial charge is 0.288 e. The van der Waals surface area contributed by atoms with Crippen LogP contribution in [-0.2, 0) is 33.9 Å². The summed E-state index contributed by atoms with van der Waals surface area (Å²) in [5.74, 6) is 0. The van der Waals surface area contributed by atoms with Crippen molar-refractivity contribution in [2.45, 2.75) is 311 Å². The van der Waals surface area contributed by atoms with Crippen LogP contribution >= 0.6 is 44.3 Å². The molecule has 2 aliphatic carbocycles. The largest absolute Gasteiger partial charge is 0.456 e. The van der Waals surface area contributed by atoms with Gasteiger partial charge in [0.1, 0.15) is 7.38 Å². The quantitative estimate of drug-likeness (QED) is 0.0215. The zero-order chi connectivity index (χ0) is 114. The van der Waals surface area contributed by atoms with Crippen LogP contribution in [0.1, 0.15) is 98.8 Å². The van der Waals surface area contributed by atoms with Crippen molar-refractivity contribution in [3.8, 4) is 0 Å². The molecule has 8 aromatic rings. The van der Waals surface area contributed by atoms with E-state index in [9.17, 15) is 0 Å². The summed E-state index contributed by atoms with van der Waals surface area (Å²) in [6.45, 7) is 109. The van der Waals surface area contributed by atoms with E-state index >= 15 is 0 Å². The van der Waals surface area contributed by atoms with Gasteiger partial charge in [0.25, 0.3) is 16.6 Å². The van der Waals surface area contributed by atoms with Gasteiger partial charge in [-0.15, -0.1) is 65.8 Å². The lowest BCUT2D eigenvalue weighted by molar-refractivity contribution is 0.347. The van der Waals surface area contributed by atoms with E-state index < -0.39 is 138 Å². The molecule has 0 aromatic heterocycles. The minimum Gasteiger partial charge on any atom is -0.456 e. The van der Waals surface area contributed by atoms with Crippen molar-refractivity contribution in [2.24, 2.45) is 0 Å². The molecule has 2 saturated carbocycles. The Morgan fingerprint density at radius 1 is 0.264 bits per heavy atom. The maximum atomic E-state index is 6.98. The van der Waals surface area contributed by atoms with Gasteiger partial charge in [0.2, 0.25) is 49.0 Å². The molecule has 0 heterocycles. The first-order chi connectivity index (χ1) is 68.6. The molecule has 8 aromatic carbocycles. The third-order valence-electron chi connectivity index (χ3n) is 26.0. The molecule has 2 fully saturated rings. The Labute approximate surface area is 945 Å². The molecule has 2 atom stereocenters. The fourth-order valence-electron chi connectivity index (χ4n) is 16.2. The van der Waals surface area contributed by atoms with Crippen molar-refractivity contribution in [3.63, 3.8) is 0 Å². The molecular formula is C119H204Cl4O8Si17. The number of rotatable bonds is 38. The summed E-state index contributed by atoms with van der Waals surface area (Å²) in [6.07, 6.45) is 14.6. The first kappa shape index (κ1) is 146. The first-order valence-electron chi connectivity index (χ1n) is 53.4. The number of hydrogen-bond acceptors (Lipinski definition) is 8. The van der Waals surface area contributed by atoms with Crippen molar-refractivity contribution in [3.05, 3.63) is 365 Å². The van der Waals surface area contributed by atoms with E-state index in [0.717, 1.165) is 23.2 Å². The fourth-order valence-corrected chi connectivity index (χ4v) is 64.5. The Morgan fingerprint density at radius 3 is 0.649 bits per heavy atom. The summed E-state index contributed by atoms with van der Waals surface area (Å²) >= 11 is 23.1.